The van der Waals surface area contributed by atoms with Crippen molar-refractivity contribution in [2.24, 2.45) is 0 Å². The number of aryl methyl sites for hydroxylation is 1. The van der Waals surface area contributed by atoms with Crippen molar-refractivity contribution >= 4 is 11.3 Å². The van der Waals surface area contributed by atoms with Crippen LogP contribution in [0.25, 0.3) is 11.1 Å². The molecule has 0 aliphatic heterocycles. The van der Waals surface area contributed by atoms with Gasteiger partial charge in [0.15, 0.2) is 0 Å². The maximum Gasteiger partial charge on any atom is 0.119 e. The smallest absolute Gasteiger partial charge is 0.119 e. The summed E-state index contributed by atoms with van der Waals surface area (Å²) in [5, 5.41) is 9.73. The number of nitrogens with zero attached hydrogens (tertiary/aromatic N) is 2. The lowest BCUT2D eigenvalue weighted by molar-refractivity contribution is 0.0689. The van der Waals surface area contributed by atoms with Gasteiger partial charge >= 0.3 is 0 Å². The van der Waals surface area contributed by atoms with Crippen LogP contribution in [0.5, 0.6) is 0 Å². The summed E-state index contributed by atoms with van der Waals surface area (Å²) >= 11 is 1.58. The third-order valence-corrected chi connectivity index (χ3v) is 6.67. The van der Waals surface area contributed by atoms with Crippen molar-refractivity contribution in [1.82, 2.24) is 4.98 Å². The predicted molar refractivity (Wildman–Crippen MR) is 135 cm³/mol. The summed E-state index contributed by atoms with van der Waals surface area (Å²) < 4.78 is 6.47. The van der Waals surface area contributed by atoms with Gasteiger partial charge in [-0.25, -0.2) is 0 Å². The van der Waals surface area contributed by atoms with Gasteiger partial charge in [-0.1, -0.05) is 75.4 Å². The molecular formula is C29H28N2OS. The minimum Gasteiger partial charge on any atom is -0.363 e. The number of rotatable bonds is 6. The maximum absolute atomic E-state index is 9.73. The van der Waals surface area contributed by atoms with Crippen molar-refractivity contribution < 1.29 is 4.74 Å². The molecule has 0 fully saturated rings. The monoisotopic (exact) mass is 452 g/mol. The van der Waals surface area contributed by atoms with Crippen LogP contribution < -0.4 is 0 Å². The lowest BCUT2D eigenvalue weighted by Crippen LogP contribution is -2.11. The first kappa shape index (κ1) is 22.9. The van der Waals surface area contributed by atoms with Crippen LogP contribution in [0.3, 0.4) is 0 Å². The molecule has 4 aromatic rings. The van der Waals surface area contributed by atoms with E-state index in [0.717, 1.165) is 32.7 Å². The number of aromatic nitrogens is 1. The molecule has 33 heavy (non-hydrogen) atoms. The number of thiazole rings is 1. The van der Waals surface area contributed by atoms with E-state index in [2.05, 4.69) is 81.2 Å². The molecule has 0 aliphatic rings. The van der Waals surface area contributed by atoms with E-state index in [4.69, 9.17) is 4.74 Å². The molecule has 0 spiro atoms. The molecule has 1 aromatic heterocycles. The van der Waals surface area contributed by atoms with Crippen molar-refractivity contribution in [3.63, 3.8) is 0 Å². The second kappa shape index (κ2) is 9.70. The van der Waals surface area contributed by atoms with Crippen LogP contribution in [-0.2, 0) is 16.8 Å². The Morgan fingerprint density at radius 2 is 1.76 bits per heavy atom. The van der Waals surface area contributed by atoms with Crippen LogP contribution in [0.2, 0.25) is 0 Å². The molecule has 1 unspecified atom stereocenters. The predicted octanol–water partition coefficient (Wildman–Crippen LogP) is 7.59. The van der Waals surface area contributed by atoms with Crippen LogP contribution >= 0.6 is 11.3 Å². The molecule has 1 heterocycles. The molecule has 0 amide bonds. The molecule has 0 bridgehead atoms. The van der Waals surface area contributed by atoms with E-state index in [-0.39, 0.29) is 11.5 Å². The number of ether oxygens (including phenoxy) is 1. The quantitative estimate of drug-likeness (QED) is 0.303. The summed E-state index contributed by atoms with van der Waals surface area (Å²) in [6, 6.07) is 25.1. The van der Waals surface area contributed by atoms with Crippen molar-refractivity contribution in [2.45, 2.75) is 45.8 Å². The van der Waals surface area contributed by atoms with Gasteiger partial charge in [-0.2, -0.15) is 5.26 Å². The standard InChI is InChI=1S/C29H28N2OS/c1-20-7-5-6-8-25(20)26-15-22(11-12-23(26)16-30)28(27-17-31-19-33-27)32-18-21-9-13-24(14-10-21)29(2,3)4/h5-15,17,19,28H,18H2,1-4H3. The van der Waals surface area contributed by atoms with E-state index < -0.39 is 0 Å². The summed E-state index contributed by atoms with van der Waals surface area (Å²) in [7, 11) is 0. The van der Waals surface area contributed by atoms with Gasteiger partial charge in [0, 0.05) is 11.8 Å². The Kier molecular flexibility index (Phi) is 6.74. The molecule has 3 aromatic carbocycles. The molecule has 0 radical (unpaired) electrons. The zero-order valence-corrected chi connectivity index (χ0v) is 20.3. The van der Waals surface area contributed by atoms with Gasteiger partial charge in [0.25, 0.3) is 0 Å². The Morgan fingerprint density at radius 1 is 1.00 bits per heavy atom. The first-order valence-electron chi connectivity index (χ1n) is 11.1. The number of nitriles is 1. The van der Waals surface area contributed by atoms with Gasteiger partial charge in [0.2, 0.25) is 0 Å². The third kappa shape index (κ3) is 5.22. The van der Waals surface area contributed by atoms with E-state index >= 15 is 0 Å². The van der Waals surface area contributed by atoms with E-state index in [1.165, 1.54) is 5.56 Å². The molecular weight excluding hydrogens is 424 g/mol. The first-order chi connectivity index (χ1) is 15.9. The van der Waals surface area contributed by atoms with Gasteiger partial charge in [-0.05, 0) is 52.3 Å². The Hall–Kier alpha value is -3.26. The topological polar surface area (TPSA) is 45.9 Å². The van der Waals surface area contributed by atoms with Crippen molar-refractivity contribution in [3.8, 4) is 17.2 Å². The molecule has 0 saturated heterocycles. The second-order valence-corrected chi connectivity index (χ2v) is 10.2. The zero-order chi connectivity index (χ0) is 23.4. The van der Waals surface area contributed by atoms with Gasteiger partial charge in [0.05, 0.1) is 28.6 Å². The minimum absolute atomic E-state index is 0.124. The molecule has 1 atom stereocenters. The molecule has 3 nitrogen and oxygen atoms in total. The Bertz CT molecular complexity index is 1260. The molecule has 0 saturated carbocycles. The average Bonchev–Trinajstić information content (AvgIpc) is 3.34. The largest absolute Gasteiger partial charge is 0.363 e. The van der Waals surface area contributed by atoms with Crippen molar-refractivity contribution in [2.75, 3.05) is 0 Å². The van der Waals surface area contributed by atoms with Crippen LogP contribution in [0.4, 0.5) is 0 Å². The number of hydrogen-bond acceptors (Lipinski definition) is 4. The SMILES string of the molecule is Cc1ccccc1-c1cc(C(OCc2ccc(C(C)(C)C)cc2)c2cncs2)ccc1C#N. The Balaban J connectivity index is 1.67. The molecule has 166 valence electrons. The van der Waals surface area contributed by atoms with Crippen molar-refractivity contribution in [1.29, 1.82) is 5.26 Å². The van der Waals surface area contributed by atoms with E-state index in [9.17, 15) is 5.26 Å². The van der Waals surface area contributed by atoms with Crippen molar-refractivity contribution in [3.05, 3.63) is 111 Å². The average molecular weight is 453 g/mol. The van der Waals surface area contributed by atoms with Crippen LogP contribution in [0.15, 0.2) is 78.4 Å². The number of hydrogen-bond donors (Lipinski definition) is 0. The normalized spacial score (nSPS) is 12.3. The summed E-state index contributed by atoms with van der Waals surface area (Å²) in [5.41, 5.74) is 9.20. The van der Waals surface area contributed by atoms with Gasteiger partial charge < -0.3 is 4.74 Å². The highest BCUT2D eigenvalue weighted by Crippen LogP contribution is 2.35. The molecule has 4 heteroatoms. The molecule has 4 rings (SSSR count). The fourth-order valence-corrected chi connectivity index (χ4v) is 4.59. The third-order valence-electron chi connectivity index (χ3n) is 5.85. The van der Waals surface area contributed by atoms with Crippen LogP contribution in [0.1, 0.15) is 59.6 Å². The van der Waals surface area contributed by atoms with Gasteiger partial charge in [0.1, 0.15) is 6.10 Å². The van der Waals surface area contributed by atoms with Gasteiger partial charge in [-0.15, -0.1) is 11.3 Å². The molecule has 0 aliphatic carbocycles. The van der Waals surface area contributed by atoms with E-state index in [1.807, 2.05) is 36.0 Å². The molecule has 0 N–H and O–H groups in total. The minimum atomic E-state index is -0.254. The lowest BCUT2D eigenvalue weighted by atomic mass is 9.87. The Labute approximate surface area is 200 Å². The second-order valence-electron chi connectivity index (χ2n) is 9.27. The highest BCUT2D eigenvalue weighted by molar-refractivity contribution is 7.09. The first-order valence-corrected chi connectivity index (χ1v) is 11.9. The van der Waals surface area contributed by atoms with E-state index in [0.29, 0.717) is 12.2 Å². The fourth-order valence-electron chi connectivity index (χ4n) is 3.90. The summed E-state index contributed by atoms with van der Waals surface area (Å²) in [4.78, 5) is 5.32. The fraction of sp³-hybridized carbons (Fsp3) is 0.241. The number of benzene rings is 3. The maximum atomic E-state index is 9.73. The highest BCUT2D eigenvalue weighted by Gasteiger charge is 2.20. The van der Waals surface area contributed by atoms with Crippen LogP contribution in [-0.4, -0.2) is 4.98 Å². The zero-order valence-electron chi connectivity index (χ0n) is 19.5. The highest BCUT2D eigenvalue weighted by atomic mass is 32.1. The van der Waals surface area contributed by atoms with Crippen LogP contribution in [0, 0.1) is 18.3 Å². The summed E-state index contributed by atoms with van der Waals surface area (Å²) in [5.74, 6) is 0. The summed E-state index contributed by atoms with van der Waals surface area (Å²) in [6.45, 7) is 9.22. The summed E-state index contributed by atoms with van der Waals surface area (Å²) in [6.07, 6.45) is 1.61. The van der Waals surface area contributed by atoms with Gasteiger partial charge in [-0.3, -0.25) is 4.98 Å². The lowest BCUT2D eigenvalue weighted by Gasteiger charge is -2.21. The van der Waals surface area contributed by atoms with E-state index in [1.54, 1.807) is 11.3 Å². The Morgan fingerprint density at radius 3 is 2.39 bits per heavy atom.